The molecule has 0 radical (unpaired) electrons. The monoisotopic (exact) mass is 576 g/mol. The molecular formula is C38H53FO3. The highest BCUT2D eigenvalue weighted by atomic mass is 19.1. The minimum Gasteiger partial charge on any atom is -0.494 e. The van der Waals surface area contributed by atoms with Crippen LogP contribution >= 0.6 is 0 Å². The van der Waals surface area contributed by atoms with Gasteiger partial charge in [0, 0.05) is 0 Å². The van der Waals surface area contributed by atoms with Crippen LogP contribution in [0, 0.1) is 10.8 Å². The van der Waals surface area contributed by atoms with E-state index in [2.05, 4.69) is 62.4 Å². The normalized spacial score (nSPS) is 29.0. The van der Waals surface area contributed by atoms with E-state index in [0.29, 0.717) is 37.5 Å². The van der Waals surface area contributed by atoms with Crippen molar-refractivity contribution in [2.75, 3.05) is 13.2 Å². The number of hydrogen-bond donors (Lipinski definition) is 0. The maximum absolute atomic E-state index is 16.2. The Balaban J connectivity index is 1.07. The maximum atomic E-state index is 16.2. The molecule has 0 N–H and O–H groups in total. The summed E-state index contributed by atoms with van der Waals surface area (Å²) in [6, 6.07) is 17.0. The summed E-state index contributed by atoms with van der Waals surface area (Å²) in [4.78, 5) is 13.8. The van der Waals surface area contributed by atoms with Gasteiger partial charge in [0.25, 0.3) is 0 Å². The van der Waals surface area contributed by atoms with E-state index in [0.717, 1.165) is 63.2 Å². The van der Waals surface area contributed by atoms with E-state index in [9.17, 15) is 4.79 Å². The van der Waals surface area contributed by atoms with Crippen molar-refractivity contribution >= 4 is 5.78 Å². The second kappa shape index (κ2) is 14.4. The Morgan fingerprint density at radius 2 is 1.00 bits per heavy atom. The lowest BCUT2D eigenvalue weighted by atomic mass is 9.41. The highest BCUT2D eigenvalue weighted by molar-refractivity contribution is 5.98. The molecular weight excluding hydrogens is 523 g/mol. The quantitative estimate of drug-likeness (QED) is 0.210. The zero-order valence-electron chi connectivity index (χ0n) is 26.2. The van der Waals surface area contributed by atoms with E-state index in [1.165, 1.54) is 49.7 Å². The van der Waals surface area contributed by atoms with Crippen molar-refractivity contribution < 1.29 is 18.7 Å². The third kappa shape index (κ3) is 6.58. The van der Waals surface area contributed by atoms with Gasteiger partial charge in [-0.2, -0.15) is 0 Å². The average molecular weight is 577 g/mol. The van der Waals surface area contributed by atoms with Gasteiger partial charge in [-0.25, -0.2) is 4.39 Å². The number of ether oxygens (including phenoxy) is 2. The van der Waals surface area contributed by atoms with Gasteiger partial charge in [0.2, 0.25) is 0 Å². The van der Waals surface area contributed by atoms with Gasteiger partial charge in [0.1, 0.15) is 17.7 Å². The maximum Gasteiger partial charge on any atom is 0.151 e. The fourth-order valence-electron chi connectivity index (χ4n) is 8.18. The number of rotatable bonds is 14. The van der Waals surface area contributed by atoms with Crippen LogP contribution in [0.4, 0.5) is 4.39 Å². The van der Waals surface area contributed by atoms with Crippen LogP contribution in [0.2, 0.25) is 0 Å². The number of Topliss-reactive ketones (excluding diaryl/α,β-unsaturated/α-hetero) is 1. The van der Waals surface area contributed by atoms with E-state index >= 15 is 4.39 Å². The van der Waals surface area contributed by atoms with E-state index in [1.54, 1.807) is 0 Å². The van der Waals surface area contributed by atoms with Crippen molar-refractivity contribution in [1.29, 1.82) is 0 Å². The molecule has 0 amide bonds. The van der Waals surface area contributed by atoms with Gasteiger partial charge in [0.15, 0.2) is 5.78 Å². The molecule has 0 bridgehead atoms. The summed E-state index contributed by atoms with van der Waals surface area (Å²) in [5.41, 5.74) is 1.16. The summed E-state index contributed by atoms with van der Waals surface area (Å²) >= 11 is 0. The standard InChI is InChI=1S/C38H53FO3/c1-3-5-7-9-27-41-33-15-11-29(12-16-33)31-19-23-37(24-20-31)35(39)38(36(37)40)25-21-32(22-26-38)30-13-17-34(18-14-30)42-28-10-8-6-4-2/h11-18,31-32,35H,3-10,19-28H2,1-2H3. The Morgan fingerprint density at radius 1 is 0.619 bits per heavy atom. The van der Waals surface area contributed by atoms with Gasteiger partial charge < -0.3 is 9.47 Å². The summed E-state index contributed by atoms with van der Waals surface area (Å²) in [5.74, 6) is 2.92. The summed E-state index contributed by atoms with van der Waals surface area (Å²) < 4.78 is 28.0. The minimum atomic E-state index is -0.980. The molecule has 2 aromatic rings. The Morgan fingerprint density at radius 3 is 1.33 bits per heavy atom. The number of halogens is 1. The number of ketones is 1. The second-order valence-electron chi connectivity index (χ2n) is 13.5. The molecule has 42 heavy (non-hydrogen) atoms. The van der Waals surface area contributed by atoms with Gasteiger partial charge in [-0.05, 0) is 111 Å². The van der Waals surface area contributed by atoms with Crippen LogP contribution in [0.15, 0.2) is 48.5 Å². The second-order valence-corrected chi connectivity index (χ2v) is 13.5. The Hall–Kier alpha value is -2.36. The number of hydrogen-bond acceptors (Lipinski definition) is 3. The highest BCUT2D eigenvalue weighted by Gasteiger charge is 2.71. The van der Waals surface area contributed by atoms with E-state index in [4.69, 9.17) is 9.47 Å². The molecule has 0 aromatic heterocycles. The van der Waals surface area contributed by atoms with Crippen molar-refractivity contribution in [3.63, 3.8) is 0 Å². The van der Waals surface area contributed by atoms with Gasteiger partial charge >= 0.3 is 0 Å². The average Bonchev–Trinajstić information content (AvgIpc) is 3.05. The molecule has 2 aromatic carbocycles. The summed E-state index contributed by atoms with van der Waals surface area (Å²) in [6.45, 7) is 5.98. The van der Waals surface area contributed by atoms with E-state index in [1.807, 2.05) is 0 Å². The molecule has 4 heteroatoms. The van der Waals surface area contributed by atoms with Crippen LogP contribution in [-0.4, -0.2) is 25.2 Å². The molecule has 0 aliphatic heterocycles. The van der Waals surface area contributed by atoms with Crippen LogP contribution in [-0.2, 0) is 4.79 Å². The van der Waals surface area contributed by atoms with Crippen molar-refractivity contribution in [3.05, 3.63) is 59.7 Å². The molecule has 0 unspecified atom stereocenters. The number of carbonyl (C=O) groups is 1. The third-order valence-electron chi connectivity index (χ3n) is 10.9. The molecule has 3 fully saturated rings. The predicted octanol–water partition coefficient (Wildman–Crippen LogP) is 10.5. The van der Waals surface area contributed by atoms with Crippen LogP contribution in [0.25, 0.3) is 0 Å². The smallest absolute Gasteiger partial charge is 0.151 e. The number of unbranched alkanes of at least 4 members (excludes halogenated alkanes) is 6. The van der Waals surface area contributed by atoms with Crippen molar-refractivity contribution in [2.45, 2.75) is 135 Å². The molecule has 0 atom stereocenters. The van der Waals surface area contributed by atoms with Crippen molar-refractivity contribution in [3.8, 4) is 11.5 Å². The molecule has 3 aliphatic carbocycles. The third-order valence-corrected chi connectivity index (χ3v) is 10.9. The molecule has 0 saturated heterocycles. The molecule has 230 valence electrons. The number of carbonyl (C=O) groups excluding carboxylic acids is 1. The Labute approximate surface area is 254 Å². The van der Waals surface area contributed by atoms with E-state index in [-0.39, 0.29) is 5.78 Å². The van der Waals surface area contributed by atoms with Crippen LogP contribution < -0.4 is 9.47 Å². The van der Waals surface area contributed by atoms with Crippen LogP contribution in [0.1, 0.15) is 140 Å². The first-order valence-corrected chi connectivity index (χ1v) is 17.2. The SMILES string of the molecule is CCCCCCOc1ccc(C2CCC3(CC2)C(=O)C2(CCC(c4ccc(OCCCCCC)cc4)CC2)C3F)cc1. The fraction of sp³-hybridized carbons (Fsp3) is 0.658. The van der Waals surface area contributed by atoms with Crippen LogP contribution in [0.3, 0.4) is 0 Å². The number of benzene rings is 2. The molecule has 0 heterocycles. The molecule has 3 aliphatic rings. The summed E-state index contributed by atoms with van der Waals surface area (Å²) in [6.07, 6.45) is 15.0. The molecule has 3 nitrogen and oxygen atoms in total. The van der Waals surface area contributed by atoms with Gasteiger partial charge in [0.05, 0.1) is 24.0 Å². The molecule has 5 rings (SSSR count). The topological polar surface area (TPSA) is 35.5 Å². The fourth-order valence-corrected chi connectivity index (χ4v) is 8.18. The first kappa shape index (κ1) is 31.1. The Kier molecular flexibility index (Phi) is 10.7. The van der Waals surface area contributed by atoms with Gasteiger partial charge in [-0.15, -0.1) is 0 Å². The largest absolute Gasteiger partial charge is 0.494 e. The predicted molar refractivity (Wildman–Crippen MR) is 169 cm³/mol. The zero-order chi connectivity index (χ0) is 29.4. The first-order valence-electron chi connectivity index (χ1n) is 17.2. The molecule has 3 saturated carbocycles. The van der Waals surface area contributed by atoms with Crippen molar-refractivity contribution in [1.82, 2.24) is 0 Å². The van der Waals surface area contributed by atoms with Gasteiger partial charge in [-0.3, -0.25) is 4.79 Å². The minimum absolute atomic E-state index is 0.248. The number of alkyl halides is 1. The lowest BCUT2D eigenvalue weighted by molar-refractivity contribution is -0.191. The van der Waals surface area contributed by atoms with E-state index < -0.39 is 17.0 Å². The first-order chi connectivity index (χ1) is 20.5. The lowest BCUT2D eigenvalue weighted by Crippen LogP contribution is -2.69. The highest BCUT2D eigenvalue weighted by Crippen LogP contribution is 2.66. The lowest BCUT2D eigenvalue weighted by Gasteiger charge is -2.61. The molecule has 2 spiro atoms. The summed E-state index contributed by atoms with van der Waals surface area (Å²) in [7, 11) is 0. The van der Waals surface area contributed by atoms with Crippen LogP contribution in [0.5, 0.6) is 11.5 Å². The summed E-state index contributed by atoms with van der Waals surface area (Å²) in [5, 5.41) is 0. The van der Waals surface area contributed by atoms with Gasteiger partial charge in [-0.1, -0.05) is 76.6 Å². The Bertz CT molecular complexity index is 1020. The van der Waals surface area contributed by atoms with Crippen molar-refractivity contribution in [2.24, 2.45) is 10.8 Å². The zero-order valence-corrected chi connectivity index (χ0v) is 26.2.